The lowest BCUT2D eigenvalue weighted by molar-refractivity contribution is 0.0453. The van der Waals surface area contributed by atoms with Crippen LogP contribution in [0.3, 0.4) is 0 Å². The molecule has 0 aliphatic heterocycles. The van der Waals surface area contributed by atoms with Crippen LogP contribution in [0.1, 0.15) is 23.6 Å². The molecule has 164 valence electrons. The van der Waals surface area contributed by atoms with Crippen LogP contribution in [0.25, 0.3) is 0 Å². The van der Waals surface area contributed by atoms with E-state index < -0.39 is 0 Å². The van der Waals surface area contributed by atoms with Crippen LogP contribution in [0, 0.1) is 0 Å². The van der Waals surface area contributed by atoms with E-state index in [1.807, 2.05) is 31.2 Å². The normalized spacial score (nSPS) is 11.3. The summed E-state index contributed by atoms with van der Waals surface area (Å²) in [6.45, 7) is 5.78. The third kappa shape index (κ3) is 7.93. The molecule has 7 heteroatoms. The van der Waals surface area contributed by atoms with Gasteiger partial charge in [0, 0.05) is 26.7 Å². The molecule has 2 aromatic carbocycles. The highest BCUT2D eigenvalue weighted by Crippen LogP contribution is 2.27. The van der Waals surface area contributed by atoms with Gasteiger partial charge in [0.05, 0.1) is 34.0 Å². The number of nitrogens with one attached hydrogen (secondary N) is 2. The SMILES string of the molecule is CCOCCOCc1cccc(CNC(=NC)NCc2ccc(OC)c(OC)c2)c1. The molecule has 0 aliphatic carbocycles. The fraction of sp³-hybridized carbons (Fsp3) is 0.435. The molecular weight excluding hydrogens is 382 g/mol. The van der Waals surface area contributed by atoms with Crippen molar-refractivity contribution >= 4 is 5.96 Å². The van der Waals surface area contributed by atoms with Crippen molar-refractivity contribution in [3.05, 3.63) is 59.2 Å². The molecule has 0 saturated heterocycles. The van der Waals surface area contributed by atoms with Gasteiger partial charge in [-0.2, -0.15) is 0 Å². The Kier molecular flexibility index (Phi) is 10.5. The summed E-state index contributed by atoms with van der Waals surface area (Å²) >= 11 is 0. The van der Waals surface area contributed by atoms with Gasteiger partial charge in [-0.15, -0.1) is 0 Å². The van der Waals surface area contributed by atoms with Crippen LogP contribution in [0.5, 0.6) is 11.5 Å². The molecule has 0 radical (unpaired) electrons. The number of hydrogen-bond acceptors (Lipinski definition) is 5. The zero-order valence-corrected chi connectivity index (χ0v) is 18.4. The maximum atomic E-state index is 5.65. The van der Waals surface area contributed by atoms with Crippen molar-refractivity contribution in [1.82, 2.24) is 10.6 Å². The summed E-state index contributed by atoms with van der Waals surface area (Å²) in [6.07, 6.45) is 0. The highest BCUT2D eigenvalue weighted by Gasteiger charge is 2.06. The minimum absolute atomic E-state index is 0.577. The lowest BCUT2D eigenvalue weighted by Crippen LogP contribution is -2.36. The average molecular weight is 416 g/mol. The number of methoxy groups -OCH3 is 2. The smallest absolute Gasteiger partial charge is 0.191 e. The van der Waals surface area contributed by atoms with Gasteiger partial charge in [0.25, 0.3) is 0 Å². The van der Waals surface area contributed by atoms with Gasteiger partial charge in [0.1, 0.15) is 0 Å². The number of aliphatic imine (C=N–C) groups is 1. The van der Waals surface area contributed by atoms with Crippen LogP contribution in [0.2, 0.25) is 0 Å². The van der Waals surface area contributed by atoms with Crippen LogP contribution in [-0.2, 0) is 29.2 Å². The molecule has 0 saturated carbocycles. The largest absolute Gasteiger partial charge is 0.493 e. The van der Waals surface area contributed by atoms with Gasteiger partial charge in [-0.25, -0.2) is 0 Å². The van der Waals surface area contributed by atoms with Crippen LogP contribution in [0.4, 0.5) is 0 Å². The number of nitrogens with zero attached hydrogens (tertiary/aromatic N) is 1. The fourth-order valence-electron chi connectivity index (χ4n) is 2.86. The first-order valence-electron chi connectivity index (χ1n) is 10.1. The van der Waals surface area contributed by atoms with E-state index in [2.05, 4.69) is 33.8 Å². The lowest BCUT2D eigenvalue weighted by Gasteiger charge is -2.14. The van der Waals surface area contributed by atoms with E-state index >= 15 is 0 Å². The number of hydrogen-bond donors (Lipinski definition) is 2. The summed E-state index contributed by atoms with van der Waals surface area (Å²) in [5, 5.41) is 6.66. The van der Waals surface area contributed by atoms with Crippen molar-refractivity contribution in [2.24, 2.45) is 4.99 Å². The Morgan fingerprint density at radius 3 is 2.17 bits per heavy atom. The van der Waals surface area contributed by atoms with E-state index in [4.69, 9.17) is 18.9 Å². The summed E-state index contributed by atoms with van der Waals surface area (Å²) in [4.78, 5) is 4.29. The third-order valence-corrected chi connectivity index (χ3v) is 4.43. The summed E-state index contributed by atoms with van der Waals surface area (Å²) < 4.78 is 21.6. The van der Waals surface area contributed by atoms with Crippen molar-refractivity contribution < 1.29 is 18.9 Å². The minimum Gasteiger partial charge on any atom is -0.493 e. The number of guanidine groups is 1. The Morgan fingerprint density at radius 1 is 0.833 bits per heavy atom. The van der Waals surface area contributed by atoms with Gasteiger partial charge in [0.2, 0.25) is 0 Å². The Bertz CT molecular complexity index is 796. The molecular formula is C23H33N3O4. The molecule has 2 aromatic rings. The van der Waals surface area contributed by atoms with E-state index in [1.165, 1.54) is 0 Å². The molecule has 0 fully saturated rings. The molecule has 0 spiro atoms. The molecule has 0 aliphatic rings. The van der Waals surface area contributed by atoms with Crippen molar-refractivity contribution in [2.75, 3.05) is 41.1 Å². The second-order valence-electron chi connectivity index (χ2n) is 6.54. The lowest BCUT2D eigenvalue weighted by atomic mass is 10.1. The van der Waals surface area contributed by atoms with Gasteiger partial charge in [-0.3, -0.25) is 4.99 Å². The van der Waals surface area contributed by atoms with Crippen LogP contribution in [0.15, 0.2) is 47.5 Å². The van der Waals surface area contributed by atoms with Crippen molar-refractivity contribution in [2.45, 2.75) is 26.6 Å². The van der Waals surface area contributed by atoms with Crippen molar-refractivity contribution in [3.8, 4) is 11.5 Å². The molecule has 0 unspecified atom stereocenters. The maximum Gasteiger partial charge on any atom is 0.191 e. The first-order valence-corrected chi connectivity index (χ1v) is 10.1. The fourth-order valence-corrected chi connectivity index (χ4v) is 2.86. The van der Waals surface area contributed by atoms with Crippen LogP contribution < -0.4 is 20.1 Å². The molecule has 30 heavy (non-hydrogen) atoms. The predicted molar refractivity (Wildman–Crippen MR) is 119 cm³/mol. The Balaban J connectivity index is 1.82. The van der Waals surface area contributed by atoms with Gasteiger partial charge in [0.15, 0.2) is 17.5 Å². The van der Waals surface area contributed by atoms with Crippen molar-refractivity contribution in [1.29, 1.82) is 0 Å². The van der Waals surface area contributed by atoms with E-state index in [0.29, 0.717) is 51.0 Å². The van der Waals surface area contributed by atoms with E-state index in [-0.39, 0.29) is 0 Å². The Hall–Kier alpha value is -2.77. The summed E-state index contributed by atoms with van der Waals surface area (Å²) in [5.74, 6) is 2.15. The van der Waals surface area contributed by atoms with E-state index in [0.717, 1.165) is 22.6 Å². The topological polar surface area (TPSA) is 73.3 Å². The number of rotatable bonds is 12. The molecule has 7 nitrogen and oxygen atoms in total. The van der Waals surface area contributed by atoms with Gasteiger partial charge in [-0.1, -0.05) is 30.3 Å². The zero-order chi connectivity index (χ0) is 21.6. The average Bonchev–Trinajstić information content (AvgIpc) is 2.79. The monoisotopic (exact) mass is 415 g/mol. The summed E-state index contributed by atoms with van der Waals surface area (Å²) in [7, 11) is 5.02. The Labute approximate surface area is 179 Å². The van der Waals surface area contributed by atoms with Crippen molar-refractivity contribution in [3.63, 3.8) is 0 Å². The van der Waals surface area contributed by atoms with Gasteiger partial charge >= 0.3 is 0 Å². The van der Waals surface area contributed by atoms with Crippen LogP contribution in [-0.4, -0.2) is 47.0 Å². The van der Waals surface area contributed by atoms with E-state index in [1.54, 1.807) is 21.3 Å². The number of benzene rings is 2. The molecule has 0 atom stereocenters. The minimum atomic E-state index is 0.577. The number of ether oxygens (including phenoxy) is 4. The van der Waals surface area contributed by atoms with Gasteiger partial charge < -0.3 is 29.6 Å². The molecule has 2 rings (SSSR count). The summed E-state index contributed by atoms with van der Waals surface area (Å²) in [5.41, 5.74) is 3.37. The quantitative estimate of drug-likeness (QED) is 0.315. The molecule has 0 bridgehead atoms. The highest BCUT2D eigenvalue weighted by molar-refractivity contribution is 5.79. The van der Waals surface area contributed by atoms with Gasteiger partial charge in [-0.05, 0) is 35.7 Å². The third-order valence-electron chi connectivity index (χ3n) is 4.43. The summed E-state index contributed by atoms with van der Waals surface area (Å²) in [6, 6.07) is 14.2. The standard InChI is InChI=1S/C23H33N3O4/c1-5-29-11-12-30-17-20-8-6-7-18(13-20)15-25-23(24-2)26-16-19-9-10-21(27-3)22(14-19)28-4/h6-10,13-14H,5,11-12,15-17H2,1-4H3,(H2,24,25,26). The second kappa shape index (κ2) is 13.5. The second-order valence-corrected chi connectivity index (χ2v) is 6.54. The molecule has 0 aromatic heterocycles. The zero-order valence-electron chi connectivity index (χ0n) is 18.4. The van der Waals surface area contributed by atoms with E-state index in [9.17, 15) is 0 Å². The molecule has 0 amide bonds. The first kappa shape index (κ1) is 23.5. The predicted octanol–water partition coefficient (Wildman–Crippen LogP) is 3.12. The first-order chi connectivity index (χ1) is 14.7. The van der Waals surface area contributed by atoms with Crippen LogP contribution >= 0.6 is 0 Å². The Morgan fingerprint density at radius 2 is 1.50 bits per heavy atom. The molecule has 2 N–H and O–H groups in total. The maximum absolute atomic E-state index is 5.65. The molecule has 0 heterocycles. The highest BCUT2D eigenvalue weighted by atomic mass is 16.5.